The average molecular weight is 263 g/mol. The Labute approximate surface area is 102 Å². The van der Waals surface area contributed by atoms with E-state index in [0.29, 0.717) is 5.03 Å². The molecule has 0 aromatic carbocycles. The first-order valence-corrected chi connectivity index (χ1v) is 5.98. The largest absolute Gasteiger partial charge is 0.417 e. The van der Waals surface area contributed by atoms with Gasteiger partial charge in [-0.3, -0.25) is 4.79 Å². The van der Waals surface area contributed by atoms with Crippen molar-refractivity contribution in [3.05, 3.63) is 23.9 Å². The van der Waals surface area contributed by atoms with Gasteiger partial charge in [0.05, 0.1) is 16.3 Å². The molecule has 0 radical (unpaired) electrons. The molecule has 0 saturated carbocycles. The van der Waals surface area contributed by atoms with Gasteiger partial charge in [0.25, 0.3) is 0 Å². The van der Waals surface area contributed by atoms with Crippen LogP contribution in [0.4, 0.5) is 13.2 Å². The van der Waals surface area contributed by atoms with Crippen molar-refractivity contribution in [1.82, 2.24) is 4.98 Å². The molecule has 0 aliphatic rings. The minimum atomic E-state index is -4.37. The highest BCUT2D eigenvalue weighted by atomic mass is 32.2. The number of thioether (sulfide) groups is 1. The fraction of sp³-hybridized carbons (Fsp3) is 0.455. The Hall–Kier alpha value is -1.04. The van der Waals surface area contributed by atoms with Gasteiger partial charge in [-0.1, -0.05) is 25.6 Å². The Morgan fingerprint density at radius 2 is 2.06 bits per heavy atom. The molecule has 2 nitrogen and oxygen atoms in total. The van der Waals surface area contributed by atoms with E-state index in [1.807, 2.05) is 0 Å². The van der Waals surface area contributed by atoms with E-state index in [1.165, 1.54) is 6.07 Å². The normalized spacial score (nSPS) is 11.9. The third-order valence-electron chi connectivity index (χ3n) is 2.07. The van der Waals surface area contributed by atoms with Crippen molar-refractivity contribution in [3.63, 3.8) is 0 Å². The number of alkyl halides is 3. The topological polar surface area (TPSA) is 30.0 Å². The first-order valence-electron chi connectivity index (χ1n) is 4.99. The highest BCUT2D eigenvalue weighted by molar-refractivity contribution is 7.99. The molecular weight excluding hydrogens is 251 g/mol. The van der Waals surface area contributed by atoms with E-state index >= 15 is 0 Å². The average Bonchev–Trinajstić information content (AvgIpc) is 2.25. The van der Waals surface area contributed by atoms with E-state index in [-0.39, 0.29) is 17.5 Å². The maximum atomic E-state index is 12.2. The molecule has 0 amide bonds. The van der Waals surface area contributed by atoms with Gasteiger partial charge in [-0.15, -0.1) is 0 Å². The van der Waals surface area contributed by atoms with Crippen LogP contribution in [-0.2, 0) is 11.0 Å². The van der Waals surface area contributed by atoms with Crippen LogP contribution in [-0.4, -0.2) is 16.5 Å². The summed E-state index contributed by atoms with van der Waals surface area (Å²) in [6.45, 7) is 3.56. The summed E-state index contributed by atoms with van der Waals surface area (Å²) in [5.74, 6) is 0.212. The number of rotatable bonds is 4. The molecular formula is C11H12F3NOS. The molecule has 1 rings (SSSR count). The molecule has 1 heterocycles. The summed E-state index contributed by atoms with van der Waals surface area (Å²) in [7, 11) is 0. The summed E-state index contributed by atoms with van der Waals surface area (Å²) < 4.78 is 36.7. The van der Waals surface area contributed by atoms with Crippen molar-refractivity contribution in [3.8, 4) is 0 Å². The van der Waals surface area contributed by atoms with Crippen molar-refractivity contribution < 1.29 is 18.0 Å². The predicted octanol–water partition coefficient (Wildman–Crippen LogP) is 3.42. The number of pyridine rings is 1. The summed E-state index contributed by atoms with van der Waals surface area (Å²) in [4.78, 5) is 15.0. The third-order valence-corrected chi connectivity index (χ3v) is 3.04. The number of carbonyl (C=O) groups excluding carboxylic acids is 1. The van der Waals surface area contributed by atoms with Gasteiger partial charge in [0.15, 0.2) is 0 Å². The van der Waals surface area contributed by atoms with E-state index in [2.05, 4.69) is 4.98 Å². The van der Waals surface area contributed by atoms with Crippen LogP contribution in [0.25, 0.3) is 0 Å². The van der Waals surface area contributed by atoms with Crippen molar-refractivity contribution in [2.75, 3.05) is 5.75 Å². The van der Waals surface area contributed by atoms with Crippen molar-refractivity contribution in [2.24, 2.45) is 5.92 Å². The summed E-state index contributed by atoms with van der Waals surface area (Å²) in [5, 5.41) is 0.423. The smallest absolute Gasteiger partial charge is 0.298 e. The molecule has 0 atom stereocenters. The van der Waals surface area contributed by atoms with Crippen LogP contribution in [0.1, 0.15) is 19.4 Å². The number of nitrogens with zero attached hydrogens (tertiary/aromatic N) is 1. The second-order valence-electron chi connectivity index (χ2n) is 3.79. The minimum Gasteiger partial charge on any atom is -0.298 e. The number of Topliss-reactive ketones (excluding diaryl/α,β-unsaturated/α-hetero) is 1. The lowest BCUT2D eigenvalue weighted by molar-refractivity contribution is -0.137. The fourth-order valence-corrected chi connectivity index (χ4v) is 1.86. The van der Waals surface area contributed by atoms with E-state index in [4.69, 9.17) is 0 Å². The zero-order chi connectivity index (χ0) is 13.1. The molecule has 1 aromatic heterocycles. The first-order chi connectivity index (χ1) is 7.80. The van der Waals surface area contributed by atoms with Crippen LogP contribution in [0.5, 0.6) is 0 Å². The Morgan fingerprint density at radius 1 is 1.41 bits per heavy atom. The highest BCUT2D eigenvalue weighted by Gasteiger charge is 2.30. The Morgan fingerprint density at radius 3 is 2.47 bits per heavy atom. The van der Waals surface area contributed by atoms with Crippen LogP contribution in [0.15, 0.2) is 23.4 Å². The molecule has 6 heteroatoms. The molecule has 0 fully saturated rings. The van der Waals surface area contributed by atoms with E-state index in [1.54, 1.807) is 13.8 Å². The lowest BCUT2D eigenvalue weighted by Gasteiger charge is -2.07. The molecule has 1 aromatic rings. The zero-order valence-corrected chi connectivity index (χ0v) is 10.2. The van der Waals surface area contributed by atoms with Gasteiger partial charge < -0.3 is 0 Å². The molecule has 0 aliphatic carbocycles. The van der Waals surface area contributed by atoms with Crippen molar-refractivity contribution in [1.29, 1.82) is 0 Å². The fourth-order valence-electron chi connectivity index (χ4n) is 0.945. The number of hydrogen-bond donors (Lipinski definition) is 0. The maximum Gasteiger partial charge on any atom is 0.417 e. The minimum absolute atomic E-state index is 0.0525. The SMILES string of the molecule is CC(C)C(=O)CSc1ccc(C(F)(F)F)cn1. The second-order valence-corrected chi connectivity index (χ2v) is 4.79. The standard InChI is InChI=1S/C11H12F3NOS/c1-7(2)9(16)6-17-10-4-3-8(5-15-10)11(12,13)14/h3-5,7H,6H2,1-2H3. The number of aromatic nitrogens is 1. The molecule has 17 heavy (non-hydrogen) atoms. The quantitative estimate of drug-likeness (QED) is 0.780. The lowest BCUT2D eigenvalue weighted by atomic mass is 10.1. The van der Waals surface area contributed by atoms with Crippen LogP contribution in [0, 0.1) is 5.92 Å². The summed E-state index contributed by atoms with van der Waals surface area (Å²) in [5.41, 5.74) is -0.781. The van der Waals surface area contributed by atoms with Crippen molar-refractivity contribution in [2.45, 2.75) is 25.0 Å². The number of carbonyl (C=O) groups is 1. The Bertz CT molecular complexity index is 387. The van der Waals surface area contributed by atoms with Gasteiger partial charge in [-0.05, 0) is 12.1 Å². The van der Waals surface area contributed by atoms with E-state index in [0.717, 1.165) is 24.0 Å². The summed E-state index contributed by atoms with van der Waals surface area (Å²) >= 11 is 1.15. The van der Waals surface area contributed by atoms with Crippen LogP contribution in [0.3, 0.4) is 0 Å². The number of ketones is 1. The maximum absolute atomic E-state index is 12.2. The van der Waals surface area contributed by atoms with Crippen LogP contribution >= 0.6 is 11.8 Å². The van der Waals surface area contributed by atoms with Gasteiger partial charge in [0.1, 0.15) is 5.78 Å². The zero-order valence-electron chi connectivity index (χ0n) is 9.41. The van der Waals surface area contributed by atoms with Gasteiger partial charge >= 0.3 is 6.18 Å². The van der Waals surface area contributed by atoms with E-state index < -0.39 is 11.7 Å². The summed E-state index contributed by atoms with van der Waals surface area (Å²) in [6, 6.07) is 2.25. The highest BCUT2D eigenvalue weighted by Crippen LogP contribution is 2.29. The molecule has 0 N–H and O–H groups in total. The molecule has 0 bridgehead atoms. The lowest BCUT2D eigenvalue weighted by Crippen LogP contribution is -2.09. The molecule has 0 saturated heterocycles. The molecule has 0 aliphatic heterocycles. The first kappa shape index (κ1) is 14.0. The van der Waals surface area contributed by atoms with Crippen LogP contribution in [0.2, 0.25) is 0 Å². The van der Waals surface area contributed by atoms with Gasteiger partial charge in [-0.25, -0.2) is 4.98 Å². The second kappa shape index (κ2) is 5.53. The predicted molar refractivity (Wildman–Crippen MR) is 59.8 cm³/mol. The van der Waals surface area contributed by atoms with Gasteiger partial charge in [0, 0.05) is 12.1 Å². The number of hydrogen-bond acceptors (Lipinski definition) is 3. The Kier molecular flexibility index (Phi) is 4.56. The number of halogens is 3. The van der Waals surface area contributed by atoms with Gasteiger partial charge in [-0.2, -0.15) is 13.2 Å². The molecule has 0 unspecified atom stereocenters. The molecule has 0 spiro atoms. The van der Waals surface area contributed by atoms with Crippen LogP contribution < -0.4 is 0 Å². The Balaban J connectivity index is 2.61. The van der Waals surface area contributed by atoms with E-state index in [9.17, 15) is 18.0 Å². The van der Waals surface area contributed by atoms with Gasteiger partial charge in [0.2, 0.25) is 0 Å². The summed E-state index contributed by atoms with van der Waals surface area (Å²) in [6.07, 6.45) is -3.59. The monoisotopic (exact) mass is 263 g/mol. The molecule has 94 valence electrons. The third kappa shape index (κ3) is 4.38. The van der Waals surface area contributed by atoms with Crippen molar-refractivity contribution >= 4 is 17.5 Å².